The van der Waals surface area contributed by atoms with Gasteiger partial charge in [-0.15, -0.1) is 10.2 Å². The van der Waals surface area contributed by atoms with Gasteiger partial charge in [-0.25, -0.2) is 4.98 Å². The summed E-state index contributed by atoms with van der Waals surface area (Å²) in [6.07, 6.45) is 1.98. The lowest BCUT2D eigenvalue weighted by Gasteiger charge is -2.01. The van der Waals surface area contributed by atoms with Gasteiger partial charge in [0, 0.05) is 11.8 Å². The van der Waals surface area contributed by atoms with Gasteiger partial charge in [0.15, 0.2) is 5.82 Å². The second-order valence-corrected chi connectivity index (χ2v) is 6.58. The number of benzene rings is 2. The molecule has 2 heterocycles. The van der Waals surface area contributed by atoms with E-state index in [1.807, 2.05) is 59.1 Å². The highest BCUT2D eigenvalue weighted by Gasteiger charge is 2.14. The first kappa shape index (κ1) is 16.2. The molecule has 2 aromatic carbocycles. The van der Waals surface area contributed by atoms with Crippen molar-refractivity contribution >= 4 is 17.2 Å². The van der Waals surface area contributed by atoms with Crippen molar-refractivity contribution in [2.24, 2.45) is 10.2 Å². The third-order valence-corrected chi connectivity index (χ3v) is 4.33. The minimum Gasteiger partial charge on any atom is -0.282 e. The number of hydrogen-bond acceptors (Lipinski definition) is 3. The Morgan fingerprint density at radius 1 is 0.808 bits per heavy atom. The maximum Gasteiger partial charge on any atom is 0.187 e. The van der Waals surface area contributed by atoms with Crippen LogP contribution in [0.25, 0.3) is 16.9 Å². The van der Waals surface area contributed by atoms with E-state index in [1.54, 1.807) is 0 Å². The quantitative estimate of drug-likeness (QED) is 0.401. The van der Waals surface area contributed by atoms with Crippen LogP contribution in [0.5, 0.6) is 0 Å². The Kier molecular flexibility index (Phi) is 4.09. The van der Waals surface area contributed by atoms with E-state index in [1.165, 1.54) is 11.1 Å². The van der Waals surface area contributed by atoms with Crippen LogP contribution in [0.2, 0.25) is 0 Å². The topological polar surface area (TPSA) is 42.0 Å². The summed E-state index contributed by atoms with van der Waals surface area (Å²) in [6.45, 7) is 6.19. The van der Waals surface area contributed by atoms with E-state index < -0.39 is 0 Å². The van der Waals surface area contributed by atoms with E-state index in [9.17, 15) is 0 Å². The van der Waals surface area contributed by atoms with Gasteiger partial charge in [-0.3, -0.25) is 4.40 Å². The molecule has 4 rings (SSSR count). The Labute approximate surface area is 152 Å². The van der Waals surface area contributed by atoms with E-state index in [-0.39, 0.29) is 0 Å². The summed E-state index contributed by atoms with van der Waals surface area (Å²) in [5, 5.41) is 9.09. The van der Waals surface area contributed by atoms with Crippen LogP contribution in [0.3, 0.4) is 0 Å². The number of fused-ring (bicyclic) bond motifs is 1. The molecule has 0 N–H and O–H groups in total. The number of azo groups is 1. The molecule has 26 heavy (non-hydrogen) atoms. The van der Waals surface area contributed by atoms with Gasteiger partial charge in [0.1, 0.15) is 11.3 Å². The van der Waals surface area contributed by atoms with Gasteiger partial charge >= 0.3 is 0 Å². The highest BCUT2D eigenvalue weighted by molar-refractivity contribution is 5.75. The van der Waals surface area contributed by atoms with Crippen LogP contribution in [0, 0.1) is 20.8 Å². The zero-order valence-corrected chi connectivity index (χ0v) is 15.1. The zero-order valence-electron chi connectivity index (χ0n) is 15.1. The molecule has 4 heteroatoms. The molecule has 0 aliphatic heterocycles. The summed E-state index contributed by atoms with van der Waals surface area (Å²) < 4.78 is 2.00. The summed E-state index contributed by atoms with van der Waals surface area (Å²) in [7, 11) is 0. The van der Waals surface area contributed by atoms with Gasteiger partial charge < -0.3 is 0 Å². The fourth-order valence-corrected chi connectivity index (χ4v) is 3.19. The fraction of sp³-hybridized carbons (Fsp3) is 0.136. The molecule has 0 fully saturated rings. The second kappa shape index (κ2) is 6.56. The predicted molar refractivity (Wildman–Crippen MR) is 105 cm³/mol. The average molecular weight is 340 g/mol. The van der Waals surface area contributed by atoms with Crippen LogP contribution in [0.15, 0.2) is 77.1 Å². The van der Waals surface area contributed by atoms with Crippen molar-refractivity contribution < 1.29 is 0 Å². The number of nitrogens with zero attached hydrogens (tertiary/aromatic N) is 4. The smallest absolute Gasteiger partial charge is 0.187 e. The maximum atomic E-state index is 4.84. The number of rotatable bonds is 3. The Morgan fingerprint density at radius 2 is 1.54 bits per heavy atom. The summed E-state index contributed by atoms with van der Waals surface area (Å²) in [4.78, 5) is 4.84. The molecule has 0 spiro atoms. The molecule has 0 aliphatic rings. The first-order valence-corrected chi connectivity index (χ1v) is 8.65. The molecule has 4 nitrogen and oxygen atoms in total. The van der Waals surface area contributed by atoms with Crippen molar-refractivity contribution in [3.63, 3.8) is 0 Å². The number of aryl methyl sites for hydroxylation is 3. The average Bonchev–Trinajstić information content (AvgIpc) is 3.00. The van der Waals surface area contributed by atoms with E-state index in [0.717, 1.165) is 34.0 Å². The standard InChI is InChI=1S/C22H20N4/c1-15-12-16(2)14-19(13-15)24-25-22-20(18-9-5-4-6-10-18)23-21-17(3)8-7-11-26(21)22/h4-14H,1-3H3. The molecular weight excluding hydrogens is 320 g/mol. The minimum atomic E-state index is 0.744. The first-order chi connectivity index (χ1) is 12.6. The van der Waals surface area contributed by atoms with Crippen LogP contribution in [0.1, 0.15) is 16.7 Å². The Balaban J connectivity index is 1.90. The molecule has 4 aromatic rings. The molecule has 0 bridgehead atoms. The van der Waals surface area contributed by atoms with Crippen molar-refractivity contribution in [3.05, 3.63) is 83.6 Å². The number of imidazole rings is 1. The van der Waals surface area contributed by atoms with Gasteiger partial charge in [-0.05, 0) is 55.7 Å². The number of hydrogen-bond donors (Lipinski definition) is 0. The van der Waals surface area contributed by atoms with Gasteiger partial charge in [-0.1, -0.05) is 42.5 Å². The van der Waals surface area contributed by atoms with E-state index in [0.29, 0.717) is 0 Å². The lowest BCUT2D eigenvalue weighted by molar-refractivity contribution is 1.09. The second-order valence-electron chi connectivity index (χ2n) is 6.58. The molecule has 0 saturated carbocycles. The van der Waals surface area contributed by atoms with Crippen LogP contribution >= 0.6 is 0 Å². The molecular formula is C22H20N4. The van der Waals surface area contributed by atoms with Crippen molar-refractivity contribution in [2.45, 2.75) is 20.8 Å². The van der Waals surface area contributed by atoms with Gasteiger partial charge in [0.2, 0.25) is 0 Å². The first-order valence-electron chi connectivity index (χ1n) is 8.65. The van der Waals surface area contributed by atoms with Gasteiger partial charge in [0.25, 0.3) is 0 Å². The van der Waals surface area contributed by atoms with E-state index in [4.69, 9.17) is 4.98 Å². The lowest BCUT2D eigenvalue weighted by atomic mass is 10.1. The van der Waals surface area contributed by atoms with Gasteiger partial charge in [-0.2, -0.15) is 0 Å². The largest absolute Gasteiger partial charge is 0.282 e. The van der Waals surface area contributed by atoms with Crippen LogP contribution in [-0.4, -0.2) is 9.38 Å². The van der Waals surface area contributed by atoms with Crippen LogP contribution in [0.4, 0.5) is 11.5 Å². The fourth-order valence-electron chi connectivity index (χ4n) is 3.19. The summed E-state index contributed by atoms with van der Waals surface area (Å²) >= 11 is 0. The van der Waals surface area contributed by atoms with Crippen LogP contribution < -0.4 is 0 Å². The molecule has 0 atom stereocenters. The highest BCUT2D eigenvalue weighted by Crippen LogP contribution is 2.33. The predicted octanol–water partition coefficient (Wildman–Crippen LogP) is 6.34. The zero-order chi connectivity index (χ0) is 18.1. The highest BCUT2D eigenvalue weighted by atomic mass is 15.2. The summed E-state index contributed by atoms with van der Waals surface area (Å²) in [6, 6.07) is 20.4. The Morgan fingerprint density at radius 3 is 2.27 bits per heavy atom. The van der Waals surface area contributed by atoms with Crippen molar-refractivity contribution in [1.82, 2.24) is 9.38 Å². The number of aromatic nitrogens is 2. The number of pyridine rings is 1. The van der Waals surface area contributed by atoms with E-state index in [2.05, 4.69) is 43.1 Å². The molecule has 0 unspecified atom stereocenters. The van der Waals surface area contributed by atoms with Gasteiger partial charge in [0.05, 0.1) is 5.69 Å². The van der Waals surface area contributed by atoms with Crippen molar-refractivity contribution in [1.29, 1.82) is 0 Å². The minimum absolute atomic E-state index is 0.744. The summed E-state index contributed by atoms with van der Waals surface area (Å²) in [5.41, 5.74) is 7.09. The molecule has 0 aliphatic carbocycles. The summed E-state index contributed by atoms with van der Waals surface area (Å²) in [5.74, 6) is 0.744. The third-order valence-electron chi connectivity index (χ3n) is 4.33. The molecule has 0 saturated heterocycles. The Hall–Kier alpha value is -3.27. The molecule has 2 aromatic heterocycles. The van der Waals surface area contributed by atoms with E-state index >= 15 is 0 Å². The normalized spacial score (nSPS) is 11.5. The van der Waals surface area contributed by atoms with Crippen molar-refractivity contribution in [3.8, 4) is 11.3 Å². The maximum absolute atomic E-state index is 4.84. The molecule has 0 amide bonds. The third kappa shape index (κ3) is 3.02. The van der Waals surface area contributed by atoms with Crippen molar-refractivity contribution in [2.75, 3.05) is 0 Å². The Bertz CT molecular complexity index is 1090. The molecule has 128 valence electrons. The lowest BCUT2D eigenvalue weighted by Crippen LogP contribution is -1.85. The van der Waals surface area contributed by atoms with Crippen LogP contribution in [-0.2, 0) is 0 Å². The SMILES string of the molecule is Cc1cc(C)cc(N=Nc2c(-c3ccccc3)nc3c(C)cccn23)c1. The monoisotopic (exact) mass is 340 g/mol. The molecule has 0 radical (unpaired) electrons.